The molecular formula is C65H77N5O19P2. The second-order valence-electron chi connectivity index (χ2n) is 23.9. The summed E-state index contributed by atoms with van der Waals surface area (Å²) in [6.07, 6.45) is 1.81. The van der Waals surface area contributed by atoms with E-state index < -0.39 is 139 Å². The number of rotatable bonds is 16. The number of nitrogens with one attached hydrogen (secondary N) is 2. The quantitative estimate of drug-likeness (QED) is 0.0206. The lowest BCUT2D eigenvalue weighted by molar-refractivity contribution is -0.165. The van der Waals surface area contributed by atoms with Crippen LogP contribution in [0.4, 0.5) is 11.4 Å². The average molecular weight is 1290 g/mol. The van der Waals surface area contributed by atoms with Crippen LogP contribution in [0.25, 0.3) is 38.7 Å². The van der Waals surface area contributed by atoms with Gasteiger partial charge in [-0.1, -0.05) is 84.0 Å². The second kappa shape index (κ2) is 29.4. The zero-order valence-electron chi connectivity index (χ0n) is 52.6. The molecular weight excluding hydrogens is 1220 g/mol. The fraction of sp³-hybridized carbons (Fsp3) is 0.477. The summed E-state index contributed by atoms with van der Waals surface area (Å²) in [5.41, 5.74) is -2.23. The number of nitrogens with zero attached hydrogens (tertiary/aromatic N) is 3. The zero-order chi connectivity index (χ0) is 66.3. The number of amides is 2. The summed E-state index contributed by atoms with van der Waals surface area (Å²) in [5, 5.41) is 41.1. The molecule has 5 bridgehead atoms. The topological polar surface area (TPSA) is 326 Å². The van der Waals surface area contributed by atoms with Crippen LogP contribution in [0, 0.1) is 36.5 Å². The van der Waals surface area contributed by atoms with E-state index in [1.54, 1.807) is 64.1 Å². The van der Waals surface area contributed by atoms with Gasteiger partial charge in [-0.05, 0) is 37.0 Å². The molecule has 9 rings (SSSR count). The maximum absolute atomic E-state index is 15.2. The lowest BCUT2D eigenvalue weighted by Crippen LogP contribution is -2.47. The number of methoxy groups -OCH3 is 1. The minimum atomic E-state index is -2.07. The third-order valence-electron chi connectivity index (χ3n) is 16.9. The van der Waals surface area contributed by atoms with Gasteiger partial charge in [0.05, 0.1) is 41.9 Å². The van der Waals surface area contributed by atoms with Crippen LogP contribution in [0.2, 0.25) is 0 Å². The third-order valence-corrected chi connectivity index (χ3v) is 18.1. The Morgan fingerprint density at radius 1 is 0.879 bits per heavy atom. The maximum atomic E-state index is 15.2. The van der Waals surface area contributed by atoms with Crippen molar-refractivity contribution in [3.05, 3.63) is 115 Å². The molecule has 1 fully saturated rings. The van der Waals surface area contributed by atoms with Gasteiger partial charge in [0.15, 0.2) is 44.9 Å². The molecule has 24 nitrogen and oxygen atoms in total. The molecule has 4 aliphatic rings. The van der Waals surface area contributed by atoms with Gasteiger partial charge in [0.2, 0.25) is 16.8 Å². The number of hydrogen-bond acceptors (Lipinski definition) is 22. The summed E-state index contributed by atoms with van der Waals surface area (Å²) in [6, 6.07) is 9.72. The molecule has 4 aromatic carbocycles. The second-order valence-corrected chi connectivity index (χ2v) is 25.8. The minimum Gasteiger partial charge on any atom is -0.507 e. The van der Waals surface area contributed by atoms with Crippen molar-refractivity contribution in [1.29, 1.82) is 0 Å². The summed E-state index contributed by atoms with van der Waals surface area (Å²) in [6.45, 7) is 20.0. The number of ether oxygens (including phenoxy) is 6. The Morgan fingerprint density at radius 2 is 1.56 bits per heavy atom. The number of phenols is 1. The number of carbonyl (C=O) groups is 5. The van der Waals surface area contributed by atoms with Gasteiger partial charge in [0.25, 0.3) is 5.91 Å². The molecule has 486 valence electrons. The van der Waals surface area contributed by atoms with E-state index in [4.69, 9.17) is 37.8 Å². The van der Waals surface area contributed by atoms with Crippen molar-refractivity contribution in [3.8, 4) is 11.5 Å². The summed E-state index contributed by atoms with van der Waals surface area (Å²) in [4.78, 5) is 105. The number of benzene rings is 4. The molecule has 2 amide bonds. The number of piperazine rings is 1. The highest BCUT2D eigenvalue weighted by molar-refractivity contribution is 7.44. The fourth-order valence-corrected chi connectivity index (χ4v) is 12.5. The number of carbonyl (C=O) groups excluding carboxylic acids is 5. The fourth-order valence-electron chi connectivity index (χ4n) is 11.9. The van der Waals surface area contributed by atoms with Gasteiger partial charge in [0.1, 0.15) is 41.5 Å². The molecule has 9 atom stereocenters. The molecule has 1 saturated heterocycles. The third kappa shape index (κ3) is 15.3. The molecule has 5 N–H and O–H groups in total. The maximum Gasteiger partial charge on any atom is 0.310 e. The molecule has 4 aliphatic heterocycles. The number of aliphatic hydroxyl groups excluding tert-OH is 2. The number of esters is 3. The number of anilines is 2. The van der Waals surface area contributed by atoms with Crippen molar-refractivity contribution in [2.75, 3.05) is 50.1 Å². The van der Waals surface area contributed by atoms with E-state index in [-0.39, 0.29) is 75.6 Å². The predicted molar refractivity (Wildman–Crippen MR) is 339 cm³/mol. The van der Waals surface area contributed by atoms with Gasteiger partial charge in [-0.3, -0.25) is 47.6 Å². The van der Waals surface area contributed by atoms with E-state index >= 15 is 4.79 Å². The van der Waals surface area contributed by atoms with E-state index in [2.05, 4.69) is 34.3 Å². The smallest absolute Gasteiger partial charge is 0.310 e. The Kier molecular flexibility index (Phi) is 22.2. The summed E-state index contributed by atoms with van der Waals surface area (Å²) in [7, 11) is 0.267. The highest BCUT2D eigenvalue weighted by atomic mass is 31.1. The van der Waals surface area contributed by atoms with Crippen LogP contribution >= 0.6 is 16.9 Å². The monoisotopic (exact) mass is 1290 g/mol. The van der Waals surface area contributed by atoms with Crippen LogP contribution < -0.4 is 36.3 Å². The van der Waals surface area contributed by atoms with Gasteiger partial charge in [-0.15, -0.1) is 0 Å². The molecule has 91 heavy (non-hydrogen) atoms. The van der Waals surface area contributed by atoms with Crippen LogP contribution in [0.5, 0.6) is 11.5 Å². The Bertz CT molecular complexity index is 3930. The number of phenolic OH excluding ortho intramolecular Hbond substituents is 1. The molecule has 1 aromatic heterocycles. The van der Waals surface area contributed by atoms with Crippen molar-refractivity contribution < 1.29 is 81.3 Å². The van der Waals surface area contributed by atoms with Crippen molar-refractivity contribution >= 4 is 96.7 Å². The van der Waals surface area contributed by atoms with Crippen LogP contribution in [0.15, 0.2) is 86.5 Å². The zero-order valence-corrected chi connectivity index (χ0v) is 54.4. The predicted octanol–water partition coefficient (Wildman–Crippen LogP) is 7.94. The lowest BCUT2D eigenvalue weighted by Gasteiger charge is -2.39. The SMILES string of the molecule is CO[C@H]1/C=C/O[C@@]2(C)Oc3c(C)c(O)c4c(=O)c(c5oc6cc(N7CCN(CC(C)C)CC7)cc(=O)c6nc5c4c3=C2O)NC(=O)/C(C)=C\C=C\[C@H](C)[C@H](OC(=O)Cc2ccccc2COC(=O)CCC(=O)NC(P=O)P=O)[C@@H](C)[C@@H](O)[C@@H](C)[C@H](OC(C)=O)[C@@H]1C. The van der Waals surface area contributed by atoms with Crippen LogP contribution in [-0.4, -0.2) is 130 Å². The van der Waals surface area contributed by atoms with Crippen molar-refractivity contribution in [2.24, 2.45) is 29.6 Å². The molecule has 0 unspecified atom stereocenters. The number of aliphatic hydroxyl groups is 2. The van der Waals surface area contributed by atoms with Crippen molar-refractivity contribution in [2.45, 2.75) is 131 Å². The van der Waals surface area contributed by atoms with Gasteiger partial charge in [0, 0.05) is 118 Å². The normalized spacial score (nSPS) is 25.2. The number of fused-ring (bicyclic) bond motifs is 14. The highest BCUT2D eigenvalue weighted by Crippen LogP contribution is 2.43. The van der Waals surface area contributed by atoms with Crippen molar-refractivity contribution in [1.82, 2.24) is 15.2 Å². The summed E-state index contributed by atoms with van der Waals surface area (Å²) in [5.74, 6) is -9.76. The van der Waals surface area contributed by atoms with Crippen molar-refractivity contribution in [3.63, 3.8) is 0 Å². The molecule has 0 aliphatic carbocycles. The Balaban J connectivity index is 1.20. The van der Waals surface area contributed by atoms with Gasteiger partial charge in [-0.25, -0.2) is 4.98 Å². The molecule has 5 heterocycles. The minimum absolute atomic E-state index is 0.00886. The molecule has 0 saturated carbocycles. The molecule has 5 aromatic rings. The van der Waals surface area contributed by atoms with E-state index in [0.29, 0.717) is 35.8 Å². The number of hydrogen-bond donors (Lipinski definition) is 5. The largest absolute Gasteiger partial charge is 0.507 e. The molecule has 0 spiro atoms. The Labute approximate surface area is 528 Å². The Hall–Kier alpha value is -8.14. The van der Waals surface area contributed by atoms with E-state index in [1.165, 1.54) is 65.4 Å². The Morgan fingerprint density at radius 3 is 2.22 bits per heavy atom. The number of aromatic hydroxyl groups is 1. The lowest BCUT2D eigenvalue weighted by atomic mass is 9.78. The van der Waals surface area contributed by atoms with Crippen LogP contribution in [0.3, 0.4) is 0 Å². The van der Waals surface area contributed by atoms with Gasteiger partial charge in [-0.2, -0.15) is 0 Å². The molecule has 26 heteroatoms. The highest BCUT2D eigenvalue weighted by Gasteiger charge is 2.45. The standard InChI is InChI=1S/C65H77N5O19P2/c1-32(2)30-69-22-24-70(25-23-69)42-28-43(72)52-45(29-42)87-61-53(67-52)49-50-56(77)38(8)60-51(49)62(79)65(10,89-60)85-26-21-44(83-11)35(5)59(86-39(9)71)37(7)55(76)36(6)58(33(3)15-14-16-34(4)63(80)68-54(61)57(50)78)88-48(75)27-40-17-12-13-18-41(40)31-84-47(74)20-19-46(73)66-64(90-81)91-82/h12-18,21,26,28-29,32-33,35-37,44,55,58-59,64,76-77,79H,19-20,22-25,27,30-31H2,1-11H3,(H,66,73)(H,68,80)/b15-14+,26-21+,34-16-/t33-,35+,36-,37+,44-,55+,58-,59+,65-/m0/s1. The van der Waals surface area contributed by atoms with Crippen LogP contribution in [-0.2, 0) is 69.8 Å². The average Bonchev–Trinajstić information content (AvgIpc) is 1.67. The first kappa shape index (κ1) is 68.8. The van der Waals surface area contributed by atoms with Gasteiger partial charge < -0.3 is 63.7 Å². The van der Waals surface area contributed by atoms with E-state index in [0.717, 1.165) is 19.6 Å². The summed E-state index contributed by atoms with van der Waals surface area (Å²) >= 11 is 0. The molecule has 0 radical (unpaired) electrons. The summed E-state index contributed by atoms with van der Waals surface area (Å²) < 4.78 is 64.9. The first-order valence-electron chi connectivity index (χ1n) is 30.0. The number of allylic oxidation sites excluding steroid dienone is 2. The van der Waals surface area contributed by atoms with Gasteiger partial charge >= 0.3 is 23.7 Å². The van der Waals surface area contributed by atoms with E-state index in [1.807, 2.05) is 0 Å². The first-order chi connectivity index (χ1) is 43.2. The first-order valence-corrected chi connectivity index (χ1v) is 31.8. The van der Waals surface area contributed by atoms with E-state index in [9.17, 15) is 53.2 Å². The number of aromatic nitrogens is 1. The van der Waals surface area contributed by atoms with Crippen LogP contribution in [0.1, 0.15) is 91.8 Å².